The van der Waals surface area contributed by atoms with E-state index in [4.69, 9.17) is 0 Å². The molecule has 0 spiro atoms. The standard InChI is InChI=1S/C21H20FN7O/c1-13-18(14(2)28(25-13)16-7-5-4-6-8-16)12-21(30)23-20-11-17(9-10-19(20)22)29-15(3)24-26-27-29/h4-11H,12H2,1-3H3,(H,23,30). The number of aromatic nitrogens is 6. The summed E-state index contributed by atoms with van der Waals surface area (Å²) in [4.78, 5) is 12.7. The summed E-state index contributed by atoms with van der Waals surface area (Å²) < 4.78 is 17.6. The van der Waals surface area contributed by atoms with E-state index in [9.17, 15) is 9.18 Å². The molecular formula is C21H20FN7O. The number of hydrogen-bond donors (Lipinski definition) is 1. The van der Waals surface area contributed by atoms with Gasteiger partial charge in [0.05, 0.1) is 29.2 Å². The van der Waals surface area contributed by atoms with Crippen molar-refractivity contribution in [2.45, 2.75) is 27.2 Å². The average molecular weight is 405 g/mol. The molecule has 0 saturated heterocycles. The van der Waals surface area contributed by atoms with Crippen molar-refractivity contribution in [3.63, 3.8) is 0 Å². The Kier molecular flexibility index (Phi) is 5.09. The normalized spacial score (nSPS) is 10.9. The number of benzene rings is 2. The number of carbonyl (C=O) groups excluding carboxylic acids is 1. The summed E-state index contributed by atoms with van der Waals surface area (Å²) in [5.41, 5.74) is 3.97. The van der Waals surface area contributed by atoms with Gasteiger partial charge in [0.1, 0.15) is 5.82 Å². The molecule has 2 aromatic heterocycles. The van der Waals surface area contributed by atoms with Crippen LogP contribution in [0.5, 0.6) is 0 Å². The highest BCUT2D eigenvalue weighted by Crippen LogP contribution is 2.21. The van der Waals surface area contributed by atoms with Crippen molar-refractivity contribution in [1.29, 1.82) is 0 Å². The van der Waals surface area contributed by atoms with Crippen LogP contribution in [0.3, 0.4) is 0 Å². The van der Waals surface area contributed by atoms with E-state index in [1.807, 2.05) is 44.2 Å². The number of para-hydroxylation sites is 1. The van der Waals surface area contributed by atoms with E-state index in [1.54, 1.807) is 17.7 Å². The van der Waals surface area contributed by atoms with Crippen LogP contribution in [-0.4, -0.2) is 35.9 Å². The number of nitrogens with zero attached hydrogens (tertiary/aromatic N) is 6. The maximum absolute atomic E-state index is 14.3. The molecule has 0 aliphatic heterocycles. The van der Waals surface area contributed by atoms with E-state index < -0.39 is 5.82 Å². The highest BCUT2D eigenvalue weighted by Gasteiger charge is 2.17. The Hall–Kier alpha value is -3.88. The summed E-state index contributed by atoms with van der Waals surface area (Å²) in [6, 6.07) is 14.0. The smallest absolute Gasteiger partial charge is 0.229 e. The van der Waals surface area contributed by atoms with Gasteiger partial charge in [0, 0.05) is 11.3 Å². The molecule has 0 atom stereocenters. The second-order valence-electron chi connectivity index (χ2n) is 6.92. The van der Waals surface area contributed by atoms with Crippen molar-refractivity contribution in [1.82, 2.24) is 30.0 Å². The van der Waals surface area contributed by atoms with Crippen LogP contribution in [0, 0.1) is 26.6 Å². The number of tetrazole rings is 1. The highest BCUT2D eigenvalue weighted by atomic mass is 19.1. The maximum Gasteiger partial charge on any atom is 0.229 e. The fourth-order valence-electron chi connectivity index (χ4n) is 3.32. The number of amides is 1. The molecule has 30 heavy (non-hydrogen) atoms. The first kappa shape index (κ1) is 19.4. The van der Waals surface area contributed by atoms with E-state index in [0.29, 0.717) is 11.5 Å². The van der Waals surface area contributed by atoms with Gasteiger partial charge in [0.25, 0.3) is 0 Å². The third kappa shape index (κ3) is 3.69. The Morgan fingerprint density at radius 3 is 2.50 bits per heavy atom. The summed E-state index contributed by atoms with van der Waals surface area (Å²) >= 11 is 0. The lowest BCUT2D eigenvalue weighted by Gasteiger charge is -2.10. The van der Waals surface area contributed by atoms with E-state index in [-0.39, 0.29) is 18.0 Å². The lowest BCUT2D eigenvalue weighted by Crippen LogP contribution is -2.16. The Bertz CT molecular complexity index is 1210. The first-order valence-corrected chi connectivity index (χ1v) is 9.39. The number of halogens is 1. The summed E-state index contributed by atoms with van der Waals surface area (Å²) in [6.45, 7) is 5.51. The molecule has 2 aromatic carbocycles. The summed E-state index contributed by atoms with van der Waals surface area (Å²) in [7, 11) is 0. The monoisotopic (exact) mass is 405 g/mol. The molecule has 0 unspecified atom stereocenters. The summed E-state index contributed by atoms with van der Waals surface area (Å²) in [5, 5.41) is 18.5. The number of hydrogen-bond acceptors (Lipinski definition) is 5. The first-order valence-electron chi connectivity index (χ1n) is 9.39. The lowest BCUT2D eigenvalue weighted by molar-refractivity contribution is -0.115. The molecule has 9 heteroatoms. The number of rotatable bonds is 5. The van der Waals surface area contributed by atoms with Gasteiger partial charge >= 0.3 is 0 Å². The molecule has 2 heterocycles. The molecule has 1 amide bonds. The summed E-state index contributed by atoms with van der Waals surface area (Å²) in [5.74, 6) is -0.317. The number of aryl methyl sites for hydroxylation is 2. The van der Waals surface area contributed by atoms with Crippen LogP contribution in [0.1, 0.15) is 22.8 Å². The van der Waals surface area contributed by atoms with E-state index in [0.717, 1.165) is 22.6 Å². The van der Waals surface area contributed by atoms with Gasteiger partial charge in [-0.3, -0.25) is 4.79 Å². The third-order valence-electron chi connectivity index (χ3n) is 4.87. The average Bonchev–Trinajstić information content (AvgIpc) is 3.28. The Morgan fingerprint density at radius 1 is 1.03 bits per heavy atom. The molecule has 0 bridgehead atoms. The number of carbonyl (C=O) groups is 1. The van der Waals surface area contributed by atoms with Gasteiger partial charge in [-0.2, -0.15) is 9.78 Å². The maximum atomic E-state index is 14.3. The van der Waals surface area contributed by atoms with E-state index in [1.165, 1.54) is 16.8 Å². The summed E-state index contributed by atoms with van der Waals surface area (Å²) in [6.07, 6.45) is 0.0814. The number of anilines is 1. The van der Waals surface area contributed by atoms with Crippen molar-refractivity contribution >= 4 is 11.6 Å². The topological polar surface area (TPSA) is 90.5 Å². The Balaban J connectivity index is 1.56. The van der Waals surface area contributed by atoms with Crippen molar-refractivity contribution in [2.24, 2.45) is 0 Å². The van der Waals surface area contributed by atoms with Crippen molar-refractivity contribution in [2.75, 3.05) is 5.32 Å². The Labute approximate surface area is 172 Å². The zero-order chi connectivity index (χ0) is 21.3. The fourth-order valence-corrected chi connectivity index (χ4v) is 3.32. The molecule has 1 N–H and O–H groups in total. The van der Waals surface area contributed by atoms with Gasteiger partial charge in [-0.25, -0.2) is 9.07 Å². The van der Waals surface area contributed by atoms with Gasteiger partial charge in [-0.15, -0.1) is 5.10 Å². The first-order chi connectivity index (χ1) is 14.4. The second kappa shape index (κ2) is 7.86. The molecule has 0 fully saturated rings. The molecule has 0 aliphatic carbocycles. The molecule has 0 saturated carbocycles. The highest BCUT2D eigenvalue weighted by molar-refractivity contribution is 5.93. The molecule has 0 radical (unpaired) electrons. The van der Waals surface area contributed by atoms with Crippen molar-refractivity contribution < 1.29 is 9.18 Å². The van der Waals surface area contributed by atoms with Crippen LogP contribution < -0.4 is 5.32 Å². The predicted molar refractivity (Wildman–Crippen MR) is 109 cm³/mol. The Morgan fingerprint density at radius 2 is 1.80 bits per heavy atom. The van der Waals surface area contributed by atoms with Crippen LogP contribution in [-0.2, 0) is 11.2 Å². The minimum Gasteiger partial charge on any atom is -0.323 e. The molecule has 4 rings (SSSR count). The quantitative estimate of drug-likeness (QED) is 0.551. The number of nitrogens with one attached hydrogen (secondary N) is 1. The third-order valence-corrected chi connectivity index (χ3v) is 4.87. The predicted octanol–water partition coefficient (Wildman–Crippen LogP) is 3.09. The zero-order valence-electron chi connectivity index (χ0n) is 16.8. The SMILES string of the molecule is Cc1nn(-c2ccccc2)c(C)c1CC(=O)Nc1cc(-n2nnnc2C)ccc1F. The van der Waals surface area contributed by atoms with Crippen LogP contribution in [0.4, 0.5) is 10.1 Å². The van der Waals surface area contributed by atoms with Gasteiger partial charge in [-0.05, 0) is 61.5 Å². The van der Waals surface area contributed by atoms with Gasteiger partial charge in [-0.1, -0.05) is 18.2 Å². The van der Waals surface area contributed by atoms with Crippen molar-refractivity contribution in [3.05, 3.63) is 77.1 Å². The fraction of sp³-hybridized carbons (Fsp3) is 0.190. The van der Waals surface area contributed by atoms with Crippen molar-refractivity contribution in [3.8, 4) is 11.4 Å². The van der Waals surface area contributed by atoms with Crippen LogP contribution in [0.2, 0.25) is 0 Å². The molecule has 4 aromatic rings. The lowest BCUT2D eigenvalue weighted by atomic mass is 10.1. The van der Waals surface area contributed by atoms with Gasteiger partial charge in [0.2, 0.25) is 5.91 Å². The zero-order valence-corrected chi connectivity index (χ0v) is 16.8. The van der Waals surface area contributed by atoms with Crippen LogP contribution in [0.15, 0.2) is 48.5 Å². The minimum atomic E-state index is -0.536. The minimum absolute atomic E-state index is 0.0677. The van der Waals surface area contributed by atoms with Gasteiger partial charge in [0.15, 0.2) is 5.82 Å². The molecule has 152 valence electrons. The van der Waals surface area contributed by atoms with E-state index >= 15 is 0 Å². The molecular weight excluding hydrogens is 385 g/mol. The van der Waals surface area contributed by atoms with Gasteiger partial charge < -0.3 is 5.32 Å². The molecule has 8 nitrogen and oxygen atoms in total. The van der Waals surface area contributed by atoms with E-state index in [2.05, 4.69) is 25.9 Å². The second-order valence-corrected chi connectivity index (χ2v) is 6.92. The van der Waals surface area contributed by atoms with Crippen LogP contribution in [0.25, 0.3) is 11.4 Å². The van der Waals surface area contributed by atoms with Crippen LogP contribution >= 0.6 is 0 Å². The molecule has 0 aliphatic rings. The largest absolute Gasteiger partial charge is 0.323 e.